The molecular formula is C15H12ClN5O6. The number of carbonyl (C=O) groups excluding carboxylic acids is 1. The normalized spacial score (nSPS) is 14.3. The summed E-state index contributed by atoms with van der Waals surface area (Å²) in [6.07, 6.45) is 1.00. The Bertz CT molecular complexity index is 990. The van der Waals surface area contributed by atoms with Gasteiger partial charge in [0.25, 0.3) is 11.5 Å². The third-order valence-corrected chi connectivity index (χ3v) is 4.16. The van der Waals surface area contributed by atoms with Crippen LogP contribution in [-0.4, -0.2) is 42.6 Å². The van der Waals surface area contributed by atoms with E-state index in [1.54, 1.807) is 0 Å². The van der Waals surface area contributed by atoms with Crippen molar-refractivity contribution >= 4 is 41.0 Å². The number of carboxylic acids is 2. The van der Waals surface area contributed by atoms with Crippen molar-refractivity contribution < 1.29 is 24.6 Å². The van der Waals surface area contributed by atoms with Gasteiger partial charge in [-0.05, 0) is 12.1 Å². The SMILES string of the molecule is O=C(O)CC1(CC(=O)O)NC(=O)c2c(Cl)cc(Nc3ccncn3)c(=O)n21. The number of hydrogen-bond acceptors (Lipinski definition) is 7. The monoisotopic (exact) mass is 393 g/mol. The Morgan fingerprint density at radius 2 is 1.93 bits per heavy atom. The van der Waals surface area contributed by atoms with E-state index < -0.39 is 41.9 Å². The number of pyridine rings is 1. The van der Waals surface area contributed by atoms with Gasteiger partial charge in [0.05, 0.1) is 17.9 Å². The molecule has 2 aromatic heterocycles. The summed E-state index contributed by atoms with van der Waals surface area (Å²) in [5, 5.41) is 23.2. The van der Waals surface area contributed by atoms with Gasteiger partial charge in [0.1, 0.15) is 29.2 Å². The first-order valence-electron chi connectivity index (χ1n) is 7.49. The summed E-state index contributed by atoms with van der Waals surface area (Å²) in [6, 6.07) is 2.66. The van der Waals surface area contributed by atoms with Crippen molar-refractivity contribution in [2.24, 2.45) is 0 Å². The van der Waals surface area contributed by atoms with Crippen molar-refractivity contribution in [3.63, 3.8) is 0 Å². The fourth-order valence-corrected chi connectivity index (χ4v) is 3.21. The number of rotatable bonds is 6. The molecule has 4 N–H and O–H groups in total. The summed E-state index contributed by atoms with van der Waals surface area (Å²) in [5.41, 5.74) is -3.24. The van der Waals surface area contributed by atoms with Gasteiger partial charge in [0.15, 0.2) is 0 Å². The number of halogens is 1. The van der Waals surface area contributed by atoms with Gasteiger partial charge in [-0.2, -0.15) is 0 Å². The Morgan fingerprint density at radius 3 is 2.48 bits per heavy atom. The van der Waals surface area contributed by atoms with E-state index in [9.17, 15) is 29.4 Å². The zero-order chi connectivity index (χ0) is 19.8. The van der Waals surface area contributed by atoms with Crippen LogP contribution in [0.1, 0.15) is 23.3 Å². The molecule has 11 nitrogen and oxygen atoms in total. The molecule has 0 atom stereocenters. The molecule has 12 heteroatoms. The summed E-state index contributed by atoms with van der Waals surface area (Å²) in [6.45, 7) is 0. The first kappa shape index (κ1) is 18.3. The second-order valence-corrected chi connectivity index (χ2v) is 6.15. The Balaban J connectivity index is 2.21. The fourth-order valence-electron chi connectivity index (χ4n) is 2.93. The summed E-state index contributed by atoms with van der Waals surface area (Å²) in [4.78, 5) is 55.5. The predicted octanol–water partition coefficient (Wildman–Crippen LogP) is 0.381. The molecule has 0 unspecified atom stereocenters. The van der Waals surface area contributed by atoms with Crippen molar-refractivity contribution in [2.75, 3.05) is 5.32 Å². The minimum Gasteiger partial charge on any atom is -0.481 e. The highest BCUT2D eigenvalue weighted by Crippen LogP contribution is 2.33. The van der Waals surface area contributed by atoms with Crippen LogP contribution < -0.4 is 16.2 Å². The topological polar surface area (TPSA) is 164 Å². The summed E-state index contributed by atoms with van der Waals surface area (Å²) in [5.74, 6) is -3.39. The number of anilines is 2. The van der Waals surface area contributed by atoms with Crippen molar-refractivity contribution in [1.29, 1.82) is 0 Å². The fraction of sp³-hybridized carbons (Fsp3) is 0.200. The zero-order valence-corrected chi connectivity index (χ0v) is 14.2. The lowest BCUT2D eigenvalue weighted by molar-refractivity contribution is -0.143. The van der Waals surface area contributed by atoms with Gasteiger partial charge in [-0.3, -0.25) is 23.7 Å². The molecule has 0 fully saturated rings. The molecule has 0 saturated carbocycles. The minimum absolute atomic E-state index is 0.112. The lowest BCUT2D eigenvalue weighted by atomic mass is 10.0. The van der Waals surface area contributed by atoms with Crippen LogP contribution in [0.4, 0.5) is 11.5 Å². The molecule has 0 aromatic carbocycles. The highest BCUT2D eigenvalue weighted by molar-refractivity contribution is 6.34. The molecule has 0 aliphatic carbocycles. The number of carboxylic acid groups (broad SMARTS) is 2. The molecule has 3 rings (SSSR count). The van der Waals surface area contributed by atoms with E-state index >= 15 is 0 Å². The maximum atomic E-state index is 13.0. The van der Waals surface area contributed by atoms with Gasteiger partial charge in [-0.25, -0.2) is 9.97 Å². The number of aromatic nitrogens is 3. The number of nitrogens with zero attached hydrogens (tertiary/aromatic N) is 3. The van der Waals surface area contributed by atoms with Gasteiger partial charge < -0.3 is 20.8 Å². The van der Waals surface area contributed by atoms with Gasteiger partial charge in [0.2, 0.25) is 0 Å². The lowest BCUT2D eigenvalue weighted by Gasteiger charge is -2.28. The third kappa shape index (κ3) is 3.31. The largest absolute Gasteiger partial charge is 0.481 e. The van der Waals surface area contributed by atoms with E-state index in [1.165, 1.54) is 24.7 Å². The first-order valence-corrected chi connectivity index (χ1v) is 7.86. The summed E-state index contributed by atoms with van der Waals surface area (Å²) >= 11 is 6.12. The first-order chi connectivity index (χ1) is 12.7. The molecule has 2 aromatic rings. The van der Waals surface area contributed by atoms with Crippen LogP contribution in [0.15, 0.2) is 29.5 Å². The molecule has 1 aliphatic rings. The number of carbonyl (C=O) groups is 3. The lowest BCUT2D eigenvalue weighted by Crippen LogP contribution is -2.50. The van der Waals surface area contributed by atoms with E-state index in [-0.39, 0.29) is 22.2 Å². The van der Waals surface area contributed by atoms with Crippen molar-refractivity contribution in [2.45, 2.75) is 18.5 Å². The molecule has 0 bridgehead atoms. The number of amides is 1. The Kier molecular flexibility index (Phi) is 4.54. The maximum Gasteiger partial charge on any atom is 0.307 e. The van der Waals surface area contributed by atoms with Crippen LogP contribution in [0.2, 0.25) is 5.02 Å². The van der Waals surface area contributed by atoms with Crippen LogP contribution in [0.25, 0.3) is 0 Å². The molecule has 0 spiro atoms. The van der Waals surface area contributed by atoms with Gasteiger partial charge >= 0.3 is 11.9 Å². The van der Waals surface area contributed by atoms with Crippen LogP contribution in [-0.2, 0) is 15.3 Å². The second-order valence-electron chi connectivity index (χ2n) is 5.74. The maximum absolute atomic E-state index is 13.0. The molecule has 27 heavy (non-hydrogen) atoms. The van der Waals surface area contributed by atoms with Crippen LogP contribution >= 0.6 is 11.6 Å². The average Bonchev–Trinajstić information content (AvgIpc) is 2.84. The van der Waals surface area contributed by atoms with E-state index in [2.05, 4.69) is 20.6 Å². The van der Waals surface area contributed by atoms with Crippen molar-refractivity contribution in [1.82, 2.24) is 19.9 Å². The van der Waals surface area contributed by atoms with Crippen LogP contribution in [0.3, 0.4) is 0 Å². The number of aliphatic carboxylic acids is 2. The van der Waals surface area contributed by atoms with E-state index in [0.29, 0.717) is 0 Å². The van der Waals surface area contributed by atoms with Crippen LogP contribution in [0.5, 0.6) is 0 Å². The van der Waals surface area contributed by atoms with E-state index in [4.69, 9.17) is 11.6 Å². The Labute approximate surface area is 155 Å². The van der Waals surface area contributed by atoms with E-state index in [0.717, 1.165) is 4.57 Å². The predicted molar refractivity (Wildman–Crippen MR) is 91.0 cm³/mol. The summed E-state index contributed by atoms with van der Waals surface area (Å²) in [7, 11) is 0. The van der Waals surface area contributed by atoms with Gasteiger partial charge in [-0.15, -0.1) is 0 Å². The number of nitrogens with one attached hydrogen (secondary N) is 2. The molecule has 3 heterocycles. The van der Waals surface area contributed by atoms with Crippen molar-refractivity contribution in [3.05, 3.63) is 45.7 Å². The van der Waals surface area contributed by atoms with Crippen LogP contribution in [0, 0.1) is 0 Å². The molecule has 1 aliphatic heterocycles. The molecule has 140 valence electrons. The van der Waals surface area contributed by atoms with Gasteiger partial charge in [0, 0.05) is 6.20 Å². The van der Waals surface area contributed by atoms with Gasteiger partial charge in [-0.1, -0.05) is 11.6 Å². The highest BCUT2D eigenvalue weighted by atomic mass is 35.5. The van der Waals surface area contributed by atoms with E-state index in [1.807, 2.05) is 0 Å². The standard InChI is InChI=1S/C15H12ClN5O6/c16-7-3-8(19-9-1-2-17-6-18-9)14(27)21-12(7)13(26)20-15(21,4-10(22)23)5-11(24)25/h1-3,6H,4-5H2,(H,20,26)(H,22,23)(H,24,25)(H,17,18,19). The van der Waals surface area contributed by atoms with Crippen molar-refractivity contribution in [3.8, 4) is 0 Å². The Hall–Kier alpha value is -3.47. The average molecular weight is 394 g/mol. The highest BCUT2D eigenvalue weighted by Gasteiger charge is 2.48. The number of fused-ring (bicyclic) bond motifs is 1. The minimum atomic E-state index is -1.99. The quantitative estimate of drug-likeness (QED) is 0.543. The summed E-state index contributed by atoms with van der Waals surface area (Å²) < 4.78 is 0.781. The number of hydrogen-bond donors (Lipinski definition) is 4. The zero-order valence-electron chi connectivity index (χ0n) is 13.5. The molecule has 0 saturated heterocycles. The molecule has 0 radical (unpaired) electrons. The second kappa shape index (κ2) is 6.68. The molecule has 1 amide bonds. The molecular weight excluding hydrogens is 382 g/mol. The smallest absolute Gasteiger partial charge is 0.307 e. The Morgan fingerprint density at radius 1 is 1.26 bits per heavy atom. The third-order valence-electron chi connectivity index (χ3n) is 3.88.